The summed E-state index contributed by atoms with van der Waals surface area (Å²) >= 11 is 0. The van der Waals surface area contributed by atoms with Gasteiger partial charge in [0.25, 0.3) is 0 Å². The van der Waals surface area contributed by atoms with Crippen LogP contribution in [0.3, 0.4) is 0 Å². The molecule has 1 saturated heterocycles. The van der Waals surface area contributed by atoms with E-state index < -0.39 is 0 Å². The Morgan fingerprint density at radius 3 is 2.40 bits per heavy atom. The Labute approximate surface area is 91.7 Å². The lowest BCUT2D eigenvalue weighted by atomic mass is 9.73. The van der Waals surface area contributed by atoms with E-state index in [0.717, 1.165) is 38.9 Å². The van der Waals surface area contributed by atoms with Crippen LogP contribution in [0.4, 0.5) is 0 Å². The van der Waals surface area contributed by atoms with Gasteiger partial charge in [-0.3, -0.25) is 4.90 Å². The minimum absolute atomic E-state index is 0.202. The Kier molecular flexibility index (Phi) is 3.30. The zero-order valence-electron chi connectivity index (χ0n) is 9.74. The van der Waals surface area contributed by atoms with E-state index in [-0.39, 0.29) is 5.54 Å². The molecule has 0 aromatic rings. The standard InChI is InChI=1S/C11H22N2O2/c1-14-9-3-4-13(7-9)11(8-12)5-10(6-11)15-2/h9-10H,3-8,12H2,1-2H3. The highest BCUT2D eigenvalue weighted by Gasteiger charge is 2.49. The summed E-state index contributed by atoms with van der Waals surface area (Å²) in [6.07, 6.45) is 4.10. The number of rotatable bonds is 4. The molecule has 4 heteroatoms. The van der Waals surface area contributed by atoms with Gasteiger partial charge in [0.2, 0.25) is 0 Å². The Balaban J connectivity index is 1.92. The monoisotopic (exact) mass is 214 g/mol. The van der Waals surface area contributed by atoms with E-state index in [1.807, 2.05) is 0 Å². The second-order valence-corrected chi connectivity index (χ2v) is 4.79. The Morgan fingerprint density at radius 2 is 1.93 bits per heavy atom. The van der Waals surface area contributed by atoms with Gasteiger partial charge in [0.15, 0.2) is 0 Å². The van der Waals surface area contributed by atoms with Crippen LogP contribution >= 0.6 is 0 Å². The second-order valence-electron chi connectivity index (χ2n) is 4.79. The first-order valence-corrected chi connectivity index (χ1v) is 5.75. The van der Waals surface area contributed by atoms with Gasteiger partial charge in [-0.15, -0.1) is 0 Å². The van der Waals surface area contributed by atoms with Crippen molar-refractivity contribution < 1.29 is 9.47 Å². The predicted octanol–water partition coefficient (Wildman–Crippen LogP) is 0.213. The lowest BCUT2D eigenvalue weighted by Gasteiger charge is -2.52. The largest absolute Gasteiger partial charge is 0.381 e. The van der Waals surface area contributed by atoms with Gasteiger partial charge in [0.1, 0.15) is 0 Å². The van der Waals surface area contributed by atoms with Gasteiger partial charge in [-0.1, -0.05) is 0 Å². The summed E-state index contributed by atoms with van der Waals surface area (Å²) in [5.41, 5.74) is 6.12. The highest BCUT2D eigenvalue weighted by atomic mass is 16.5. The molecule has 2 aliphatic rings. The number of methoxy groups -OCH3 is 2. The first-order chi connectivity index (χ1) is 7.24. The lowest BCUT2D eigenvalue weighted by Crippen LogP contribution is -2.63. The maximum atomic E-state index is 5.91. The summed E-state index contributed by atoms with van der Waals surface area (Å²) in [4.78, 5) is 2.50. The summed E-state index contributed by atoms with van der Waals surface area (Å²) in [5, 5.41) is 0. The van der Waals surface area contributed by atoms with Gasteiger partial charge in [-0.05, 0) is 19.3 Å². The number of likely N-dealkylation sites (tertiary alicyclic amines) is 1. The minimum Gasteiger partial charge on any atom is -0.381 e. The summed E-state index contributed by atoms with van der Waals surface area (Å²) < 4.78 is 10.7. The fourth-order valence-electron chi connectivity index (χ4n) is 2.86. The van der Waals surface area contributed by atoms with Crippen molar-refractivity contribution in [3.05, 3.63) is 0 Å². The van der Waals surface area contributed by atoms with Crippen molar-refractivity contribution >= 4 is 0 Å². The van der Waals surface area contributed by atoms with Crippen LogP contribution in [0.2, 0.25) is 0 Å². The molecule has 0 aromatic heterocycles. The molecule has 0 spiro atoms. The summed E-state index contributed by atoms with van der Waals surface area (Å²) in [6, 6.07) is 0. The molecule has 0 amide bonds. The van der Waals surface area contributed by atoms with Crippen LogP contribution in [0.15, 0.2) is 0 Å². The van der Waals surface area contributed by atoms with Crippen molar-refractivity contribution in [3.63, 3.8) is 0 Å². The van der Waals surface area contributed by atoms with Crippen molar-refractivity contribution in [2.45, 2.75) is 37.0 Å². The fourth-order valence-corrected chi connectivity index (χ4v) is 2.86. The second kappa shape index (κ2) is 4.37. The molecular weight excluding hydrogens is 192 g/mol. The van der Waals surface area contributed by atoms with Crippen LogP contribution in [0.25, 0.3) is 0 Å². The van der Waals surface area contributed by atoms with E-state index in [4.69, 9.17) is 15.2 Å². The van der Waals surface area contributed by atoms with Crippen molar-refractivity contribution in [2.24, 2.45) is 5.73 Å². The Bertz CT molecular complexity index is 217. The van der Waals surface area contributed by atoms with Gasteiger partial charge in [-0.25, -0.2) is 0 Å². The molecule has 2 rings (SSSR count). The van der Waals surface area contributed by atoms with Crippen LogP contribution in [0, 0.1) is 0 Å². The van der Waals surface area contributed by atoms with Crippen LogP contribution in [0.1, 0.15) is 19.3 Å². The number of nitrogens with two attached hydrogens (primary N) is 1. The molecule has 1 saturated carbocycles. The van der Waals surface area contributed by atoms with Gasteiger partial charge in [-0.2, -0.15) is 0 Å². The Hall–Kier alpha value is -0.160. The molecule has 88 valence electrons. The SMILES string of the molecule is COC1CCN(C2(CN)CC(OC)C2)C1. The van der Waals surface area contributed by atoms with Crippen molar-refractivity contribution in [1.29, 1.82) is 0 Å². The van der Waals surface area contributed by atoms with E-state index in [0.29, 0.717) is 12.2 Å². The van der Waals surface area contributed by atoms with Gasteiger partial charge in [0, 0.05) is 39.4 Å². The third-order valence-electron chi connectivity index (χ3n) is 4.08. The minimum atomic E-state index is 0.202. The topological polar surface area (TPSA) is 47.7 Å². The smallest absolute Gasteiger partial charge is 0.0710 e. The number of hydrogen-bond acceptors (Lipinski definition) is 4. The van der Waals surface area contributed by atoms with E-state index in [9.17, 15) is 0 Å². The van der Waals surface area contributed by atoms with Gasteiger partial charge >= 0.3 is 0 Å². The molecule has 0 bridgehead atoms. The van der Waals surface area contributed by atoms with Crippen LogP contribution in [-0.4, -0.2) is 56.5 Å². The van der Waals surface area contributed by atoms with Crippen LogP contribution in [0.5, 0.6) is 0 Å². The fraction of sp³-hybridized carbons (Fsp3) is 1.00. The van der Waals surface area contributed by atoms with E-state index in [1.54, 1.807) is 14.2 Å². The van der Waals surface area contributed by atoms with Gasteiger partial charge < -0.3 is 15.2 Å². The molecule has 1 unspecified atom stereocenters. The Morgan fingerprint density at radius 1 is 1.27 bits per heavy atom. The lowest BCUT2D eigenvalue weighted by molar-refractivity contribution is -0.0829. The maximum absolute atomic E-state index is 5.91. The van der Waals surface area contributed by atoms with Gasteiger partial charge in [0.05, 0.1) is 12.2 Å². The van der Waals surface area contributed by atoms with E-state index in [2.05, 4.69) is 4.90 Å². The highest BCUT2D eigenvalue weighted by Crippen LogP contribution is 2.40. The molecule has 0 radical (unpaired) electrons. The van der Waals surface area contributed by atoms with E-state index >= 15 is 0 Å². The average Bonchev–Trinajstić information content (AvgIpc) is 2.67. The molecule has 2 fully saturated rings. The number of ether oxygens (including phenoxy) is 2. The first kappa shape index (κ1) is 11.3. The molecule has 1 aliphatic carbocycles. The van der Waals surface area contributed by atoms with Crippen molar-refractivity contribution in [3.8, 4) is 0 Å². The molecule has 1 heterocycles. The van der Waals surface area contributed by atoms with Crippen molar-refractivity contribution in [2.75, 3.05) is 33.9 Å². The molecular formula is C11H22N2O2. The third kappa shape index (κ3) is 1.91. The van der Waals surface area contributed by atoms with Crippen LogP contribution < -0.4 is 5.73 Å². The molecule has 1 atom stereocenters. The van der Waals surface area contributed by atoms with Crippen LogP contribution in [-0.2, 0) is 9.47 Å². The molecule has 0 aromatic carbocycles. The zero-order chi connectivity index (χ0) is 10.9. The molecule has 4 nitrogen and oxygen atoms in total. The summed E-state index contributed by atoms with van der Waals surface area (Å²) in [6.45, 7) is 2.89. The molecule has 2 N–H and O–H groups in total. The highest BCUT2D eigenvalue weighted by molar-refractivity contribution is 5.06. The van der Waals surface area contributed by atoms with E-state index in [1.165, 1.54) is 0 Å². The number of hydrogen-bond donors (Lipinski definition) is 1. The van der Waals surface area contributed by atoms with Crippen molar-refractivity contribution in [1.82, 2.24) is 4.90 Å². The first-order valence-electron chi connectivity index (χ1n) is 5.75. The molecule has 1 aliphatic heterocycles. The third-order valence-corrected chi connectivity index (χ3v) is 4.08. The summed E-state index contributed by atoms with van der Waals surface area (Å²) in [7, 11) is 3.58. The maximum Gasteiger partial charge on any atom is 0.0710 e. The predicted molar refractivity (Wildman–Crippen MR) is 58.8 cm³/mol. The quantitative estimate of drug-likeness (QED) is 0.727. The normalized spacial score (nSPS) is 41.8. The average molecular weight is 214 g/mol. The zero-order valence-corrected chi connectivity index (χ0v) is 9.74. The molecule has 15 heavy (non-hydrogen) atoms. The summed E-state index contributed by atoms with van der Waals surface area (Å²) in [5.74, 6) is 0. The number of nitrogens with zero attached hydrogens (tertiary/aromatic N) is 1.